The van der Waals surface area contributed by atoms with Gasteiger partial charge in [-0.05, 0) is 39.9 Å². The molecule has 1 amide bonds. The highest BCUT2D eigenvalue weighted by Gasteiger charge is 2.28. The topological polar surface area (TPSA) is 38.3 Å². The number of hydrogen-bond donors (Lipinski definition) is 1. The minimum absolute atomic E-state index is 0.0801. The van der Waals surface area contributed by atoms with E-state index >= 15 is 0 Å². The second-order valence-corrected chi connectivity index (χ2v) is 7.58. The maximum Gasteiger partial charge on any atom is 0.407 e. The Labute approximate surface area is 173 Å². The Morgan fingerprint density at radius 3 is 2.18 bits per heavy atom. The summed E-state index contributed by atoms with van der Waals surface area (Å²) in [5.74, 6) is 0.0801. The monoisotopic (exact) mass is 433 g/mol. The van der Waals surface area contributed by atoms with Crippen molar-refractivity contribution in [2.24, 2.45) is 0 Å². The van der Waals surface area contributed by atoms with Gasteiger partial charge in [-0.15, -0.1) is 0 Å². The number of amides is 1. The molecule has 0 aliphatic heterocycles. The average Bonchev–Trinajstić information content (AvgIpc) is 3.05. The molecule has 0 unspecified atom stereocenters. The number of carbonyl (C=O) groups excluding carboxylic acids is 1. The quantitative estimate of drug-likeness (QED) is 0.535. The summed E-state index contributed by atoms with van der Waals surface area (Å²) in [7, 11) is 0. The van der Waals surface area contributed by atoms with E-state index in [4.69, 9.17) is 4.74 Å². The van der Waals surface area contributed by atoms with Crippen LogP contribution in [0.25, 0.3) is 17.2 Å². The normalized spacial score (nSPS) is 12.6. The number of nitrogens with one attached hydrogen (secondary N) is 1. The van der Waals surface area contributed by atoms with Gasteiger partial charge in [0.25, 0.3) is 0 Å². The Balaban J connectivity index is 1.33. The van der Waals surface area contributed by atoms with Gasteiger partial charge in [0, 0.05) is 16.9 Å². The molecular weight excluding hydrogens is 414 g/mol. The SMILES string of the molecule is O=C(NCC=Cc1ccc(Br)cc1)OCC1c2ccccc2-c2ccccc21. The van der Waals surface area contributed by atoms with E-state index in [9.17, 15) is 4.79 Å². The molecule has 0 atom stereocenters. The maximum absolute atomic E-state index is 12.1. The van der Waals surface area contributed by atoms with E-state index in [0.717, 1.165) is 10.0 Å². The van der Waals surface area contributed by atoms with Crippen LogP contribution in [0.4, 0.5) is 4.79 Å². The Bertz CT molecular complexity index is 966. The fourth-order valence-electron chi connectivity index (χ4n) is 3.56. The largest absolute Gasteiger partial charge is 0.449 e. The van der Waals surface area contributed by atoms with Crippen LogP contribution in [-0.2, 0) is 4.74 Å². The highest BCUT2D eigenvalue weighted by molar-refractivity contribution is 9.10. The van der Waals surface area contributed by atoms with Crippen LogP contribution < -0.4 is 5.32 Å². The molecule has 0 aromatic heterocycles. The summed E-state index contributed by atoms with van der Waals surface area (Å²) in [5, 5.41) is 2.78. The Hall–Kier alpha value is -2.85. The van der Waals surface area contributed by atoms with Crippen molar-refractivity contribution in [2.45, 2.75) is 5.92 Å². The van der Waals surface area contributed by atoms with Crippen LogP contribution in [0.2, 0.25) is 0 Å². The van der Waals surface area contributed by atoms with Crippen molar-refractivity contribution in [3.63, 3.8) is 0 Å². The van der Waals surface area contributed by atoms with E-state index < -0.39 is 6.09 Å². The van der Waals surface area contributed by atoms with E-state index in [1.165, 1.54) is 22.3 Å². The van der Waals surface area contributed by atoms with Crippen molar-refractivity contribution in [2.75, 3.05) is 13.2 Å². The van der Waals surface area contributed by atoms with Crippen molar-refractivity contribution < 1.29 is 9.53 Å². The minimum atomic E-state index is -0.401. The predicted molar refractivity (Wildman–Crippen MR) is 116 cm³/mol. The van der Waals surface area contributed by atoms with Gasteiger partial charge >= 0.3 is 6.09 Å². The molecule has 0 radical (unpaired) electrons. The van der Waals surface area contributed by atoms with Gasteiger partial charge in [0.1, 0.15) is 6.61 Å². The Morgan fingerprint density at radius 2 is 1.54 bits per heavy atom. The molecule has 0 saturated carbocycles. The van der Waals surface area contributed by atoms with Gasteiger partial charge < -0.3 is 10.1 Å². The van der Waals surface area contributed by atoms with Crippen LogP contribution in [0.15, 0.2) is 83.3 Å². The number of benzene rings is 3. The van der Waals surface area contributed by atoms with Crippen LogP contribution in [0.5, 0.6) is 0 Å². The van der Waals surface area contributed by atoms with Crippen LogP contribution in [0.1, 0.15) is 22.6 Å². The lowest BCUT2D eigenvalue weighted by atomic mass is 9.98. The van der Waals surface area contributed by atoms with Gasteiger partial charge in [-0.1, -0.05) is 88.7 Å². The molecule has 0 fully saturated rings. The number of halogens is 1. The number of carbonyl (C=O) groups is 1. The third kappa shape index (κ3) is 4.02. The van der Waals surface area contributed by atoms with Crippen LogP contribution in [0, 0.1) is 0 Å². The number of rotatable bonds is 5. The first-order chi connectivity index (χ1) is 13.7. The minimum Gasteiger partial charge on any atom is -0.449 e. The summed E-state index contributed by atoms with van der Waals surface area (Å²) in [5.41, 5.74) is 5.96. The molecule has 1 N–H and O–H groups in total. The van der Waals surface area contributed by atoms with Gasteiger partial charge in [0.15, 0.2) is 0 Å². The third-order valence-corrected chi connectivity index (χ3v) is 5.42. The molecule has 1 aliphatic carbocycles. The number of fused-ring (bicyclic) bond motifs is 3. The fourth-order valence-corrected chi connectivity index (χ4v) is 3.82. The predicted octanol–water partition coefficient (Wildman–Crippen LogP) is 6.00. The first-order valence-corrected chi connectivity index (χ1v) is 10.0. The van der Waals surface area contributed by atoms with E-state index in [-0.39, 0.29) is 5.92 Å². The second-order valence-electron chi connectivity index (χ2n) is 6.66. The standard InChI is InChI=1S/C24H20BrNO2/c25-18-13-11-17(12-14-18)6-5-15-26-24(27)28-16-23-21-9-3-1-7-19(21)20-8-2-4-10-22(20)23/h1-14,23H,15-16H2,(H,26,27). The molecule has 28 heavy (non-hydrogen) atoms. The van der Waals surface area contributed by atoms with Crippen molar-refractivity contribution in [1.29, 1.82) is 0 Å². The fraction of sp³-hybridized carbons (Fsp3) is 0.125. The van der Waals surface area contributed by atoms with Crippen LogP contribution in [0.3, 0.4) is 0 Å². The van der Waals surface area contributed by atoms with E-state index in [1.54, 1.807) is 0 Å². The molecule has 4 rings (SSSR count). The maximum atomic E-state index is 12.1. The van der Waals surface area contributed by atoms with Gasteiger partial charge in [-0.2, -0.15) is 0 Å². The zero-order chi connectivity index (χ0) is 19.3. The first-order valence-electron chi connectivity index (χ1n) is 9.23. The molecular formula is C24H20BrNO2. The van der Waals surface area contributed by atoms with Gasteiger partial charge in [-0.25, -0.2) is 4.79 Å². The summed E-state index contributed by atoms with van der Waals surface area (Å²) in [6.45, 7) is 0.753. The molecule has 0 bridgehead atoms. The lowest BCUT2D eigenvalue weighted by Gasteiger charge is -2.14. The number of ether oxygens (including phenoxy) is 1. The molecule has 4 heteroatoms. The highest BCUT2D eigenvalue weighted by Crippen LogP contribution is 2.44. The number of alkyl carbamates (subject to hydrolysis) is 1. The summed E-state index contributed by atoms with van der Waals surface area (Å²) < 4.78 is 6.56. The molecule has 140 valence electrons. The molecule has 0 saturated heterocycles. The zero-order valence-corrected chi connectivity index (χ0v) is 16.9. The zero-order valence-electron chi connectivity index (χ0n) is 15.3. The molecule has 1 aliphatic rings. The first kappa shape index (κ1) is 18.5. The third-order valence-electron chi connectivity index (χ3n) is 4.89. The highest BCUT2D eigenvalue weighted by atomic mass is 79.9. The van der Waals surface area contributed by atoms with E-state index in [2.05, 4.69) is 45.5 Å². The molecule has 3 aromatic carbocycles. The van der Waals surface area contributed by atoms with E-state index in [0.29, 0.717) is 13.2 Å². The molecule has 0 spiro atoms. The molecule has 3 nitrogen and oxygen atoms in total. The second kappa shape index (κ2) is 8.44. The van der Waals surface area contributed by atoms with Crippen LogP contribution in [-0.4, -0.2) is 19.2 Å². The summed E-state index contributed by atoms with van der Waals surface area (Å²) in [6.07, 6.45) is 3.48. The van der Waals surface area contributed by atoms with Crippen molar-refractivity contribution >= 4 is 28.1 Å². The summed E-state index contributed by atoms with van der Waals surface area (Å²) in [4.78, 5) is 12.1. The smallest absolute Gasteiger partial charge is 0.407 e. The lowest BCUT2D eigenvalue weighted by Crippen LogP contribution is -2.26. The Kier molecular flexibility index (Phi) is 5.58. The molecule has 0 heterocycles. The summed E-state index contributed by atoms with van der Waals surface area (Å²) in [6, 6.07) is 24.6. The van der Waals surface area contributed by atoms with Crippen LogP contribution >= 0.6 is 15.9 Å². The Morgan fingerprint density at radius 1 is 0.929 bits per heavy atom. The van der Waals surface area contributed by atoms with Crippen molar-refractivity contribution in [3.05, 3.63) is 100 Å². The van der Waals surface area contributed by atoms with Crippen molar-refractivity contribution in [3.8, 4) is 11.1 Å². The summed E-state index contributed by atoms with van der Waals surface area (Å²) >= 11 is 3.41. The van der Waals surface area contributed by atoms with Crippen molar-refractivity contribution in [1.82, 2.24) is 5.32 Å². The van der Waals surface area contributed by atoms with Gasteiger partial charge in [0.05, 0.1) is 0 Å². The van der Waals surface area contributed by atoms with Gasteiger partial charge in [0.2, 0.25) is 0 Å². The van der Waals surface area contributed by atoms with Gasteiger partial charge in [-0.3, -0.25) is 0 Å². The molecule has 3 aromatic rings. The lowest BCUT2D eigenvalue weighted by molar-refractivity contribution is 0.144. The average molecular weight is 434 g/mol. The number of hydrogen-bond acceptors (Lipinski definition) is 2. The van der Waals surface area contributed by atoms with E-state index in [1.807, 2.05) is 60.7 Å².